The third-order valence-electron chi connectivity index (χ3n) is 5.89. The number of nitrogens with one attached hydrogen (secondary N) is 1. The first-order valence-corrected chi connectivity index (χ1v) is 12.3. The van der Waals surface area contributed by atoms with Gasteiger partial charge in [-0.3, -0.25) is 14.5 Å². The number of thiophene rings is 1. The number of hydrogen-bond acceptors (Lipinski definition) is 7. The molecule has 35 heavy (non-hydrogen) atoms. The molecule has 178 valence electrons. The van der Waals surface area contributed by atoms with Crippen molar-refractivity contribution in [2.24, 2.45) is 4.99 Å². The molecule has 1 aliphatic rings. The molecule has 1 aromatic carbocycles. The van der Waals surface area contributed by atoms with Crippen molar-refractivity contribution in [3.05, 3.63) is 92.6 Å². The van der Waals surface area contributed by atoms with Crippen molar-refractivity contribution in [2.45, 2.75) is 33.4 Å². The van der Waals surface area contributed by atoms with Gasteiger partial charge < -0.3 is 10.1 Å². The fourth-order valence-corrected chi connectivity index (χ4v) is 5.34. The molecule has 10 heteroatoms. The second kappa shape index (κ2) is 9.59. The minimum Gasteiger partial charge on any atom is -0.445 e. The Morgan fingerprint density at radius 1 is 1.17 bits per heavy atom. The number of carbonyl (C=O) groups excluding carboxylic acids is 1. The van der Waals surface area contributed by atoms with Crippen LogP contribution in [0.25, 0.3) is 5.00 Å². The number of rotatable bonds is 5. The Labute approximate surface area is 211 Å². The molecule has 5 rings (SSSR count). The molecule has 1 amide bonds. The lowest BCUT2D eigenvalue weighted by molar-refractivity contribution is 0.139. The van der Waals surface area contributed by atoms with Gasteiger partial charge in [-0.15, -0.1) is 21.5 Å². The number of fused-ring (bicyclic) bond motifs is 3. The zero-order valence-electron chi connectivity index (χ0n) is 19.4. The molecule has 0 fully saturated rings. The van der Waals surface area contributed by atoms with Crippen molar-refractivity contribution in [3.8, 4) is 5.00 Å². The Morgan fingerprint density at radius 2 is 1.97 bits per heavy atom. The van der Waals surface area contributed by atoms with Crippen LogP contribution in [0.3, 0.4) is 0 Å². The summed E-state index contributed by atoms with van der Waals surface area (Å²) in [5.74, 6) is 1.43. The predicted octanol–water partition coefficient (Wildman–Crippen LogP) is 5.12. The summed E-state index contributed by atoms with van der Waals surface area (Å²) in [6.07, 6.45) is 2.80. The lowest BCUT2D eigenvalue weighted by Crippen LogP contribution is -2.29. The van der Waals surface area contributed by atoms with E-state index in [0.29, 0.717) is 10.8 Å². The summed E-state index contributed by atoms with van der Waals surface area (Å²) in [6, 6.07) is 10.8. The van der Waals surface area contributed by atoms with Crippen LogP contribution in [-0.2, 0) is 11.3 Å². The van der Waals surface area contributed by atoms with Gasteiger partial charge in [-0.25, -0.2) is 4.79 Å². The van der Waals surface area contributed by atoms with Crippen molar-refractivity contribution in [1.82, 2.24) is 25.1 Å². The Bertz CT molecular complexity index is 1410. The average molecular weight is 507 g/mol. The number of halogens is 1. The molecule has 0 spiro atoms. The van der Waals surface area contributed by atoms with E-state index in [-0.39, 0.29) is 13.2 Å². The van der Waals surface area contributed by atoms with Gasteiger partial charge in [-0.2, -0.15) is 0 Å². The molecule has 0 bridgehead atoms. The largest absolute Gasteiger partial charge is 0.445 e. The molecule has 0 radical (unpaired) electrons. The minimum absolute atomic E-state index is 0.134. The number of alkyl carbamates (subject to hydrolysis) is 1. The quantitative estimate of drug-likeness (QED) is 0.405. The number of benzene rings is 1. The van der Waals surface area contributed by atoms with E-state index in [2.05, 4.69) is 34.3 Å². The van der Waals surface area contributed by atoms with Crippen LogP contribution < -0.4 is 5.32 Å². The van der Waals surface area contributed by atoms with E-state index in [1.165, 1.54) is 4.88 Å². The lowest BCUT2D eigenvalue weighted by Gasteiger charge is -2.14. The van der Waals surface area contributed by atoms with Gasteiger partial charge in [0.15, 0.2) is 5.82 Å². The monoisotopic (exact) mass is 506 g/mol. The first kappa shape index (κ1) is 23.2. The fourth-order valence-electron chi connectivity index (χ4n) is 4.00. The second-order valence-corrected chi connectivity index (χ2v) is 9.86. The number of amides is 1. The SMILES string of the molecule is Cc1sc2c(c1C)C(c1ccc(Cl)cc1)=NC(CNC(=O)OCc1cccnc1)c1nnc(C)n1-2. The number of aryl methyl sites for hydroxylation is 2. The van der Waals surface area contributed by atoms with E-state index in [1.807, 2.05) is 41.8 Å². The third-order valence-corrected chi connectivity index (χ3v) is 7.33. The predicted molar refractivity (Wildman–Crippen MR) is 136 cm³/mol. The van der Waals surface area contributed by atoms with E-state index in [1.54, 1.807) is 29.8 Å². The Morgan fingerprint density at radius 3 is 2.71 bits per heavy atom. The molecule has 8 nitrogen and oxygen atoms in total. The number of carbonyl (C=O) groups is 1. The van der Waals surface area contributed by atoms with Crippen molar-refractivity contribution in [3.63, 3.8) is 0 Å². The van der Waals surface area contributed by atoms with Crippen LogP contribution in [0.5, 0.6) is 0 Å². The van der Waals surface area contributed by atoms with Gasteiger partial charge in [0.2, 0.25) is 0 Å². The Hall–Kier alpha value is -3.56. The van der Waals surface area contributed by atoms with Gasteiger partial charge in [0, 0.05) is 39.0 Å². The molecule has 3 aromatic heterocycles. The average Bonchev–Trinajstić information content (AvgIpc) is 3.33. The summed E-state index contributed by atoms with van der Waals surface area (Å²) in [7, 11) is 0. The van der Waals surface area contributed by atoms with Crippen molar-refractivity contribution < 1.29 is 9.53 Å². The smallest absolute Gasteiger partial charge is 0.407 e. The van der Waals surface area contributed by atoms with Crippen molar-refractivity contribution in [2.75, 3.05) is 6.54 Å². The Balaban J connectivity index is 1.49. The first-order valence-electron chi connectivity index (χ1n) is 11.1. The maximum absolute atomic E-state index is 12.5. The van der Waals surface area contributed by atoms with Crippen LogP contribution in [0.15, 0.2) is 53.8 Å². The molecule has 4 aromatic rings. The van der Waals surface area contributed by atoms with Crippen molar-refractivity contribution in [1.29, 1.82) is 0 Å². The second-order valence-electron chi connectivity index (χ2n) is 8.22. The zero-order chi connectivity index (χ0) is 24.5. The van der Waals surface area contributed by atoms with Gasteiger partial charge in [0.1, 0.15) is 23.5 Å². The molecular weight excluding hydrogens is 484 g/mol. The Kier molecular flexibility index (Phi) is 6.36. The van der Waals surface area contributed by atoms with Crippen LogP contribution >= 0.6 is 22.9 Å². The molecule has 0 saturated carbocycles. The number of hydrogen-bond donors (Lipinski definition) is 1. The molecule has 1 aliphatic heterocycles. The molecule has 0 saturated heterocycles. The number of aromatic nitrogens is 4. The normalized spacial score (nSPS) is 14.5. The van der Waals surface area contributed by atoms with Crippen LogP contribution in [-0.4, -0.2) is 38.1 Å². The summed E-state index contributed by atoms with van der Waals surface area (Å²) in [6.45, 7) is 6.46. The minimum atomic E-state index is -0.536. The molecule has 1 atom stereocenters. The first-order chi connectivity index (χ1) is 16.9. The highest BCUT2D eigenvalue weighted by molar-refractivity contribution is 7.15. The molecule has 1 N–H and O–H groups in total. The highest BCUT2D eigenvalue weighted by Crippen LogP contribution is 2.38. The van der Waals surface area contributed by atoms with Crippen molar-refractivity contribution >= 4 is 34.7 Å². The highest BCUT2D eigenvalue weighted by atomic mass is 35.5. The van der Waals surface area contributed by atoms with E-state index >= 15 is 0 Å². The molecular formula is C25H23ClN6O2S. The zero-order valence-corrected chi connectivity index (χ0v) is 21.0. The van der Waals surface area contributed by atoms with E-state index < -0.39 is 12.1 Å². The summed E-state index contributed by atoms with van der Waals surface area (Å²) < 4.78 is 7.40. The van der Waals surface area contributed by atoms with Crippen LogP contribution in [0.2, 0.25) is 5.02 Å². The maximum atomic E-state index is 12.5. The number of aliphatic imine (C=N–C) groups is 1. The standard InChI is InChI=1S/C25H23ClN6O2S/c1-14-15(2)35-24-21(14)22(18-6-8-19(26)9-7-18)29-20(23-31-30-16(3)32(23)24)12-28-25(33)34-13-17-5-4-10-27-11-17/h4-11,20H,12-13H2,1-3H3,(H,28,33). The van der Waals surface area contributed by atoms with Crippen LogP contribution in [0.4, 0.5) is 4.79 Å². The number of nitrogens with zero attached hydrogens (tertiary/aromatic N) is 5. The van der Waals surface area contributed by atoms with Gasteiger partial charge in [0.25, 0.3) is 0 Å². The molecule has 4 heterocycles. The van der Waals surface area contributed by atoms with Crippen LogP contribution in [0, 0.1) is 20.8 Å². The van der Waals surface area contributed by atoms with Gasteiger partial charge >= 0.3 is 6.09 Å². The summed E-state index contributed by atoms with van der Waals surface area (Å²) >= 11 is 7.84. The fraction of sp³-hybridized carbons (Fsp3) is 0.240. The summed E-state index contributed by atoms with van der Waals surface area (Å²) in [5, 5.41) is 13.3. The third kappa shape index (κ3) is 4.56. The van der Waals surface area contributed by atoms with Gasteiger partial charge in [-0.1, -0.05) is 29.8 Å². The topological polar surface area (TPSA) is 94.3 Å². The summed E-state index contributed by atoms with van der Waals surface area (Å²) in [4.78, 5) is 22.8. The van der Waals surface area contributed by atoms with E-state index in [9.17, 15) is 4.79 Å². The van der Waals surface area contributed by atoms with E-state index in [0.717, 1.165) is 38.8 Å². The van der Waals surface area contributed by atoms with Gasteiger partial charge in [-0.05, 0) is 44.5 Å². The lowest BCUT2D eigenvalue weighted by atomic mass is 10.00. The van der Waals surface area contributed by atoms with Gasteiger partial charge in [0.05, 0.1) is 12.3 Å². The maximum Gasteiger partial charge on any atom is 0.407 e. The number of pyridine rings is 1. The molecule has 1 unspecified atom stereocenters. The highest BCUT2D eigenvalue weighted by Gasteiger charge is 2.31. The summed E-state index contributed by atoms with van der Waals surface area (Å²) in [5.41, 5.74) is 4.78. The van der Waals surface area contributed by atoms with Crippen LogP contribution in [0.1, 0.15) is 44.8 Å². The number of ether oxygens (including phenoxy) is 1. The van der Waals surface area contributed by atoms with E-state index in [4.69, 9.17) is 21.3 Å². The molecule has 0 aliphatic carbocycles.